The number of unbranched alkanes of at least 4 members (excludes halogenated alkanes) is 5. The van der Waals surface area contributed by atoms with E-state index in [0.29, 0.717) is 11.8 Å². The summed E-state index contributed by atoms with van der Waals surface area (Å²) < 4.78 is 13.8. The third-order valence-corrected chi connectivity index (χ3v) is 7.84. The molecule has 2 aliphatic rings. The van der Waals surface area contributed by atoms with Crippen molar-refractivity contribution >= 4 is 0 Å². The van der Waals surface area contributed by atoms with Crippen molar-refractivity contribution in [3.8, 4) is 0 Å². The molecule has 0 aromatic heterocycles. The summed E-state index contributed by atoms with van der Waals surface area (Å²) in [5, 5.41) is 0. The Hall–Kier alpha value is -0.0800. The Balaban J connectivity index is 2.20. The average Bonchev–Trinajstić information content (AvgIpc) is 2.81. The zero-order chi connectivity index (χ0) is 21.5. The summed E-state index contributed by atoms with van der Waals surface area (Å²) in [5.41, 5.74) is 0. The lowest BCUT2D eigenvalue weighted by Gasteiger charge is -2.50. The second-order valence-corrected chi connectivity index (χ2v) is 10.3. The average molecular weight is 423 g/mol. The van der Waals surface area contributed by atoms with Crippen LogP contribution in [0.4, 0.5) is 0 Å². The topological polar surface area (TPSA) is 18.5 Å². The van der Waals surface area contributed by atoms with E-state index in [-0.39, 0.29) is 5.79 Å². The highest BCUT2D eigenvalue weighted by atomic mass is 16.7. The molecule has 0 N–H and O–H groups in total. The smallest absolute Gasteiger partial charge is 0.174 e. The zero-order valence-electron chi connectivity index (χ0n) is 20.9. The highest BCUT2D eigenvalue weighted by molar-refractivity contribution is 4.93. The van der Waals surface area contributed by atoms with E-state index in [1.165, 1.54) is 109 Å². The van der Waals surface area contributed by atoms with Crippen molar-refractivity contribution in [3.05, 3.63) is 0 Å². The van der Waals surface area contributed by atoms with Gasteiger partial charge >= 0.3 is 0 Å². The van der Waals surface area contributed by atoms with Crippen molar-refractivity contribution in [2.24, 2.45) is 17.8 Å². The molecule has 0 heterocycles. The Morgan fingerprint density at radius 2 is 1.17 bits per heavy atom. The standard InChI is InChI=1S/C28H54O2/c1-4-7-8-9-10-17-22-27(25-18-13-11-14-19-25)28(29-23-5-2,30-24-6-3)26-20-15-12-16-21-26/h25-27H,4-24H2,1-3H3. The molecule has 0 saturated heterocycles. The van der Waals surface area contributed by atoms with Gasteiger partial charge in [0, 0.05) is 25.0 Å². The van der Waals surface area contributed by atoms with Gasteiger partial charge in [-0.3, -0.25) is 0 Å². The van der Waals surface area contributed by atoms with Crippen LogP contribution in [0.1, 0.15) is 143 Å². The molecule has 0 spiro atoms. The quantitative estimate of drug-likeness (QED) is 0.182. The maximum atomic E-state index is 6.91. The first-order chi connectivity index (χ1) is 14.8. The minimum absolute atomic E-state index is 0.308. The molecule has 2 aliphatic carbocycles. The molecule has 0 radical (unpaired) electrons. The van der Waals surface area contributed by atoms with Crippen LogP contribution in [-0.2, 0) is 9.47 Å². The summed E-state index contributed by atoms with van der Waals surface area (Å²) in [6.07, 6.45) is 25.7. The monoisotopic (exact) mass is 422 g/mol. The fourth-order valence-corrected chi connectivity index (χ4v) is 6.27. The van der Waals surface area contributed by atoms with Gasteiger partial charge in [-0.2, -0.15) is 0 Å². The van der Waals surface area contributed by atoms with E-state index in [4.69, 9.17) is 9.47 Å². The molecule has 178 valence electrons. The van der Waals surface area contributed by atoms with Gasteiger partial charge in [-0.1, -0.05) is 97.8 Å². The van der Waals surface area contributed by atoms with Crippen LogP contribution in [0.2, 0.25) is 0 Å². The van der Waals surface area contributed by atoms with E-state index in [2.05, 4.69) is 20.8 Å². The largest absolute Gasteiger partial charge is 0.349 e. The highest BCUT2D eigenvalue weighted by Gasteiger charge is 2.50. The molecular weight excluding hydrogens is 368 g/mol. The van der Waals surface area contributed by atoms with E-state index in [0.717, 1.165) is 32.0 Å². The molecule has 2 fully saturated rings. The van der Waals surface area contributed by atoms with E-state index in [1.807, 2.05) is 0 Å². The minimum atomic E-state index is -0.308. The molecule has 0 aromatic carbocycles. The number of hydrogen-bond donors (Lipinski definition) is 0. The van der Waals surface area contributed by atoms with Crippen molar-refractivity contribution in [3.63, 3.8) is 0 Å². The first-order valence-electron chi connectivity index (χ1n) is 14.1. The Kier molecular flexibility index (Phi) is 13.7. The van der Waals surface area contributed by atoms with E-state index >= 15 is 0 Å². The van der Waals surface area contributed by atoms with Gasteiger partial charge in [0.2, 0.25) is 0 Å². The molecule has 1 unspecified atom stereocenters. The van der Waals surface area contributed by atoms with Crippen LogP contribution < -0.4 is 0 Å². The van der Waals surface area contributed by atoms with Crippen LogP contribution in [0.15, 0.2) is 0 Å². The van der Waals surface area contributed by atoms with Crippen molar-refractivity contribution < 1.29 is 9.47 Å². The second kappa shape index (κ2) is 15.7. The summed E-state index contributed by atoms with van der Waals surface area (Å²) in [5.74, 6) is 1.71. The van der Waals surface area contributed by atoms with Crippen LogP contribution in [0, 0.1) is 17.8 Å². The Bertz CT molecular complexity index is 387. The first kappa shape index (κ1) is 26.2. The van der Waals surface area contributed by atoms with Crippen molar-refractivity contribution in [2.75, 3.05) is 13.2 Å². The molecule has 0 aliphatic heterocycles. The normalized spacial score (nSPS) is 20.5. The molecule has 0 amide bonds. The predicted octanol–water partition coefficient (Wildman–Crippen LogP) is 9.06. The SMILES string of the molecule is CCCCCCCCC(C1CCCCC1)C(OCCC)(OCCC)C1CCCCC1. The third-order valence-electron chi connectivity index (χ3n) is 7.84. The van der Waals surface area contributed by atoms with E-state index < -0.39 is 0 Å². The van der Waals surface area contributed by atoms with Gasteiger partial charge in [0.25, 0.3) is 0 Å². The van der Waals surface area contributed by atoms with Crippen LogP contribution in [0.3, 0.4) is 0 Å². The van der Waals surface area contributed by atoms with Crippen LogP contribution in [0.5, 0.6) is 0 Å². The van der Waals surface area contributed by atoms with Crippen LogP contribution in [0.25, 0.3) is 0 Å². The molecular formula is C28H54O2. The maximum absolute atomic E-state index is 6.91. The van der Waals surface area contributed by atoms with E-state index in [9.17, 15) is 0 Å². The van der Waals surface area contributed by atoms with Crippen LogP contribution >= 0.6 is 0 Å². The maximum Gasteiger partial charge on any atom is 0.174 e. The van der Waals surface area contributed by atoms with Crippen molar-refractivity contribution in [2.45, 2.75) is 149 Å². The molecule has 1 atom stereocenters. The lowest BCUT2D eigenvalue weighted by molar-refractivity contribution is -0.311. The molecule has 2 heteroatoms. The van der Waals surface area contributed by atoms with Crippen molar-refractivity contribution in [1.82, 2.24) is 0 Å². The highest BCUT2D eigenvalue weighted by Crippen LogP contribution is 2.48. The van der Waals surface area contributed by atoms with Gasteiger partial charge in [0.15, 0.2) is 5.79 Å². The van der Waals surface area contributed by atoms with Gasteiger partial charge in [-0.25, -0.2) is 0 Å². The fraction of sp³-hybridized carbons (Fsp3) is 1.00. The van der Waals surface area contributed by atoms with Crippen LogP contribution in [-0.4, -0.2) is 19.0 Å². The zero-order valence-corrected chi connectivity index (χ0v) is 20.9. The lowest BCUT2D eigenvalue weighted by atomic mass is 9.67. The molecule has 2 rings (SSSR count). The second-order valence-electron chi connectivity index (χ2n) is 10.3. The van der Waals surface area contributed by atoms with Gasteiger partial charge in [0.1, 0.15) is 0 Å². The number of hydrogen-bond acceptors (Lipinski definition) is 2. The molecule has 0 aromatic rings. The Morgan fingerprint density at radius 1 is 0.633 bits per heavy atom. The predicted molar refractivity (Wildman–Crippen MR) is 130 cm³/mol. The third kappa shape index (κ3) is 8.12. The molecule has 30 heavy (non-hydrogen) atoms. The lowest BCUT2D eigenvalue weighted by Crippen LogP contribution is -2.54. The molecule has 0 bridgehead atoms. The molecule has 2 saturated carbocycles. The number of ether oxygens (including phenoxy) is 2. The summed E-state index contributed by atoms with van der Waals surface area (Å²) in [6.45, 7) is 8.55. The summed E-state index contributed by atoms with van der Waals surface area (Å²) >= 11 is 0. The first-order valence-corrected chi connectivity index (χ1v) is 14.1. The summed E-state index contributed by atoms with van der Waals surface area (Å²) in [6, 6.07) is 0. The Morgan fingerprint density at radius 3 is 1.73 bits per heavy atom. The number of rotatable bonds is 16. The summed E-state index contributed by atoms with van der Waals surface area (Å²) in [4.78, 5) is 0. The van der Waals surface area contributed by atoms with Gasteiger partial charge in [-0.15, -0.1) is 0 Å². The Labute approximate surface area is 189 Å². The van der Waals surface area contributed by atoms with E-state index in [1.54, 1.807) is 0 Å². The minimum Gasteiger partial charge on any atom is -0.349 e. The summed E-state index contributed by atoms with van der Waals surface area (Å²) in [7, 11) is 0. The van der Waals surface area contributed by atoms with Gasteiger partial charge in [0.05, 0.1) is 0 Å². The van der Waals surface area contributed by atoms with Crippen molar-refractivity contribution in [1.29, 1.82) is 0 Å². The fourth-order valence-electron chi connectivity index (χ4n) is 6.27. The molecule has 2 nitrogen and oxygen atoms in total. The van der Waals surface area contributed by atoms with Gasteiger partial charge in [-0.05, 0) is 50.9 Å². The van der Waals surface area contributed by atoms with Gasteiger partial charge < -0.3 is 9.47 Å².